The molecule has 1 aliphatic rings. The number of rotatable bonds is 4. The van der Waals surface area contributed by atoms with Crippen LogP contribution in [0.5, 0.6) is 0 Å². The van der Waals surface area contributed by atoms with E-state index in [2.05, 4.69) is 10.6 Å². The molecule has 1 aromatic rings. The van der Waals surface area contributed by atoms with Crippen LogP contribution in [0, 0.1) is 0 Å². The third kappa shape index (κ3) is 3.79. The molecule has 3 N–H and O–H groups in total. The van der Waals surface area contributed by atoms with Crippen molar-refractivity contribution < 1.29 is 19.4 Å². The molecule has 1 saturated heterocycles. The van der Waals surface area contributed by atoms with Gasteiger partial charge in [0.25, 0.3) is 5.91 Å². The van der Waals surface area contributed by atoms with Gasteiger partial charge in [-0.2, -0.15) is 0 Å². The molecule has 0 saturated carbocycles. The Balaban J connectivity index is 1.96. The second kappa shape index (κ2) is 6.02. The Morgan fingerprint density at radius 3 is 2.90 bits per heavy atom. The molecular weight excluding hydrogens is 260 g/mol. The standard InChI is InChI=1S/C14H18N2O4/c1-10(17)16-12-4-2-3-11(7-12)13(18)15-8-14(19)5-6-20-9-14/h2-4,7,19H,5-6,8-9H2,1H3,(H,15,18)(H,16,17). The predicted octanol–water partition coefficient (Wildman–Crippen LogP) is 0.526. The number of benzene rings is 1. The van der Waals surface area contributed by atoms with E-state index in [1.165, 1.54) is 6.92 Å². The van der Waals surface area contributed by atoms with Crippen molar-refractivity contribution in [1.29, 1.82) is 0 Å². The quantitative estimate of drug-likeness (QED) is 0.749. The molecule has 20 heavy (non-hydrogen) atoms. The second-order valence-electron chi connectivity index (χ2n) is 4.97. The van der Waals surface area contributed by atoms with Crippen molar-refractivity contribution in [3.63, 3.8) is 0 Å². The molecule has 0 aromatic heterocycles. The van der Waals surface area contributed by atoms with Gasteiger partial charge in [0, 0.05) is 37.7 Å². The highest BCUT2D eigenvalue weighted by atomic mass is 16.5. The summed E-state index contributed by atoms with van der Waals surface area (Å²) in [6.45, 7) is 2.29. The van der Waals surface area contributed by atoms with Gasteiger partial charge in [-0.15, -0.1) is 0 Å². The number of amides is 2. The van der Waals surface area contributed by atoms with Crippen molar-refractivity contribution in [2.45, 2.75) is 18.9 Å². The van der Waals surface area contributed by atoms with Crippen molar-refractivity contribution in [3.05, 3.63) is 29.8 Å². The van der Waals surface area contributed by atoms with Crippen LogP contribution in [0.1, 0.15) is 23.7 Å². The van der Waals surface area contributed by atoms with E-state index in [-0.39, 0.29) is 25.0 Å². The zero-order valence-electron chi connectivity index (χ0n) is 11.3. The zero-order chi connectivity index (χ0) is 14.6. The van der Waals surface area contributed by atoms with Crippen molar-refractivity contribution in [3.8, 4) is 0 Å². The maximum atomic E-state index is 12.0. The van der Waals surface area contributed by atoms with Crippen LogP contribution < -0.4 is 10.6 Å². The van der Waals surface area contributed by atoms with Crippen LogP contribution in [0.3, 0.4) is 0 Å². The Labute approximate surface area is 117 Å². The summed E-state index contributed by atoms with van der Waals surface area (Å²) in [6.07, 6.45) is 0.513. The summed E-state index contributed by atoms with van der Waals surface area (Å²) in [4.78, 5) is 23.0. The Bertz CT molecular complexity index is 510. The van der Waals surface area contributed by atoms with Crippen LogP contribution >= 0.6 is 0 Å². The molecule has 1 aliphatic heterocycles. The van der Waals surface area contributed by atoms with E-state index in [9.17, 15) is 14.7 Å². The first-order valence-electron chi connectivity index (χ1n) is 6.44. The lowest BCUT2D eigenvalue weighted by Gasteiger charge is -2.20. The second-order valence-corrected chi connectivity index (χ2v) is 4.97. The maximum absolute atomic E-state index is 12.0. The number of carbonyl (C=O) groups excluding carboxylic acids is 2. The van der Waals surface area contributed by atoms with Crippen LogP contribution in [0.15, 0.2) is 24.3 Å². The molecular formula is C14H18N2O4. The predicted molar refractivity (Wildman–Crippen MR) is 73.5 cm³/mol. The number of carbonyl (C=O) groups is 2. The lowest BCUT2D eigenvalue weighted by molar-refractivity contribution is -0.114. The molecule has 1 unspecified atom stereocenters. The summed E-state index contributed by atoms with van der Waals surface area (Å²) < 4.78 is 5.11. The van der Waals surface area contributed by atoms with E-state index < -0.39 is 5.60 Å². The van der Waals surface area contributed by atoms with Crippen molar-refractivity contribution >= 4 is 17.5 Å². The zero-order valence-corrected chi connectivity index (χ0v) is 11.3. The van der Waals surface area contributed by atoms with Gasteiger partial charge in [0.1, 0.15) is 5.60 Å². The largest absolute Gasteiger partial charge is 0.386 e. The van der Waals surface area contributed by atoms with Gasteiger partial charge in [0.05, 0.1) is 6.61 Å². The minimum atomic E-state index is -0.981. The Morgan fingerprint density at radius 1 is 1.45 bits per heavy atom. The van der Waals surface area contributed by atoms with Gasteiger partial charge in [-0.05, 0) is 18.2 Å². The van der Waals surface area contributed by atoms with E-state index in [1.807, 2.05) is 0 Å². The highest BCUT2D eigenvalue weighted by molar-refractivity contribution is 5.96. The molecule has 1 fully saturated rings. The fraction of sp³-hybridized carbons (Fsp3) is 0.429. The molecule has 0 spiro atoms. The number of aliphatic hydroxyl groups is 1. The van der Waals surface area contributed by atoms with Gasteiger partial charge in [-0.3, -0.25) is 9.59 Å². The van der Waals surface area contributed by atoms with E-state index in [0.717, 1.165) is 0 Å². The fourth-order valence-corrected chi connectivity index (χ4v) is 2.02. The van der Waals surface area contributed by atoms with Crippen LogP contribution in [-0.4, -0.2) is 42.3 Å². The molecule has 1 aromatic carbocycles. The number of ether oxygens (including phenoxy) is 1. The van der Waals surface area contributed by atoms with Gasteiger partial charge >= 0.3 is 0 Å². The maximum Gasteiger partial charge on any atom is 0.251 e. The molecule has 6 nitrogen and oxygen atoms in total. The highest BCUT2D eigenvalue weighted by Gasteiger charge is 2.32. The van der Waals surface area contributed by atoms with E-state index >= 15 is 0 Å². The van der Waals surface area contributed by atoms with E-state index in [4.69, 9.17) is 4.74 Å². The third-order valence-electron chi connectivity index (χ3n) is 3.11. The topological polar surface area (TPSA) is 87.7 Å². The van der Waals surface area contributed by atoms with Gasteiger partial charge in [-0.1, -0.05) is 6.07 Å². The lowest BCUT2D eigenvalue weighted by Crippen LogP contribution is -2.43. The van der Waals surface area contributed by atoms with Crippen molar-refractivity contribution in [2.75, 3.05) is 25.1 Å². The first kappa shape index (κ1) is 14.5. The number of hydrogen-bond acceptors (Lipinski definition) is 4. The molecule has 2 rings (SSSR count). The first-order chi connectivity index (χ1) is 9.48. The third-order valence-corrected chi connectivity index (χ3v) is 3.11. The van der Waals surface area contributed by atoms with E-state index in [0.29, 0.717) is 24.3 Å². The van der Waals surface area contributed by atoms with Crippen molar-refractivity contribution in [1.82, 2.24) is 5.32 Å². The molecule has 0 bridgehead atoms. The molecule has 6 heteroatoms. The van der Waals surface area contributed by atoms with Crippen LogP contribution in [0.25, 0.3) is 0 Å². The van der Waals surface area contributed by atoms with Gasteiger partial charge in [0.15, 0.2) is 0 Å². The van der Waals surface area contributed by atoms with Gasteiger partial charge < -0.3 is 20.5 Å². The summed E-state index contributed by atoms with van der Waals surface area (Å²) in [7, 11) is 0. The molecule has 1 heterocycles. The number of anilines is 1. The van der Waals surface area contributed by atoms with Gasteiger partial charge in [0.2, 0.25) is 5.91 Å². The first-order valence-corrected chi connectivity index (χ1v) is 6.44. The van der Waals surface area contributed by atoms with E-state index in [1.54, 1.807) is 24.3 Å². The van der Waals surface area contributed by atoms with Gasteiger partial charge in [-0.25, -0.2) is 0 Å². The molecule has 2 amide bonds. The smallest absolute Gasteiger partial charge is 0.251 e. The minimum Gasteiger partial charge on any atom is -0.386 e. The SMILES string of the molecule is CC(=O)Nc1cccc(C(=O)NCC2(O)CCOC2)c1. The summed E-state index contributed by atoms with van der Waals surface area (Å²) in [5, 5.41) is 15.4. The normalized spacial score (nSPS) is 21.5. The summed E-state index contributed by atoms with van der Waals surface area (Å²) >= 11 is 0. The average molecular weight is 278 g/mol. The lowest BCUT2D eigenvalue weighted by atomic mass is 10.0. The Hall–Kier alpha value is -1.92. The molecule has 0 aliphatic carbocycles. The number of nitrogens with one attached hydrogen (secondary N) is 2. The van der Waals surface area contributed by atoms with Crippen molar-refractivity contribution in [2.24, 2.45) is 0 Å². The number of hydrogen-bond donors (Lipinski definition) is 3. The minimum absolute atomic E-state index is 0.149. The monoisotopic (exact) mass is 278 g/mol. The van der Waals surface area contributed by atoms with Crippen LogP contribution in [-0.2, 0) is 9.53 Å². The Morgan fingerprint density at radius 2 is 2.25 bits per heavy atom. The highest BCUT2D eigenvalue weighted by Crippen LogP contribution is 2.17. The van der Waals surface area contributed by atoms with Crippen LogP contribution in [0.2, 0.25) is 0 Å². The summed E-state index contributed by atoms with van der Waals surface area (Å²) in [5.41, 5.74) is 0.0112. The summed E-state index contributed by atoms with van der Waals surface area (Å²) in [5.74, 6) is -0.488. The molecule has 1 atom stereocenters. The Kier molecular flexibility index (Phi) is 4.36. The molecule has 108 valence electrons. The van der Waals surface area contributed by atoms with Crippen LogP contribution in [0.4, 0.5) is 5.69 Å². The average Bonchev–Trinajstić information content (AvgIpc) is 2.83. The fourth-order valence-electron chi connectivity index (χ4n) is 2.02. The molecule has 0 radical (unpaired) electrons. The summed E-state index contributed by atoms with van der Waals surface area (Å²) in [6, 6.07) is 6.63.